The van der Waals surface area contributed by atoms with E-state index < -0.39 is 0 Å². The summed E-state index contributed by atoms with van der Waals surface area (Å²) in [6, 6.07) is 4.31. The van der Waals surface area contributed by atoms with Crippen LogP contribution in [-0.2, 0) is 4.74 Å². The molecule has 4 nitrogen and oxygen atoms in total. The molecule has 0 aliphatic heterocycles. The van der Waals surface area contributed by atoms with Crippen molar-refractivity contribution in [2.75, 3.05) is 20.2 Å². The summed E-state index contributed by atoms with van der Waals surface area (Å²) >= 11 is 0. The van der Waals surface area contributed by atoms with Gasteiger partial charge in [-0.25, -0.2) is 0 Å². The number of aromatic nitrogens is 1. The van der Waals surface area contributed by atoms with Crippen LogP contribution >= 0.6 is 0 Å². The van der Waals surface area contributed by atoms with Gasteiger partial charge in [-0.3, -0.25) is 9.88 Å². The van der Waals surface area contributed by atoms with E-state index >= 15 is 0 Å². The van der Waals surface area contributed by atoms with E-state index in [1.54, 1.807) is 0 Å². The van der Waals surface area contributed by atoms with Crippen LogP contribution in [0.25, 0.3) is 0 Å². The highest BCUT2D eigenvalue weighted by molar-refractivity contribution is 5.16. The summed E-state index contributed by atoms with van der Waals surface area (Å²) < 4.78 is 5.58. The minimum atomic E-state index is 0.0662. The average Bonchev–Trinajstić information content (AvgIpc) is 2.29. The first kappa shape index (κ1) is 15.1. The quantitative estimate of drug-likeness (QED) is 0.803. The van der Waals surface area contributed by atoms with E-state index in [-0.39, 0.29) is 18.2 Å². The lowest BCUT2D eigenvalue weighted by Crippen LogP contribution is -2.39. The highest BCUT2D eigenvalue weighted by atomic mass is 16.5. The van der Waals surface area contributed by atoms with Crippen LogP contribution in [0.1, 0.15) is 32.4 Å². The van der Waals surface area contributed by atoms with Crippen molar-refractivity contribution < 1.29 is 4.74 Å². The van der Waals surface area contributed by atoms with Gasteiger partial charge in [-0.1, -0.05) is 0 Å². The van der Waals surface area contributed by atoms with E-state index in [1.165, 1.54) is 5.56 Å². The molecule has 0 radical (unpaired) electrons. The Morgan fingerprint density at radius 2 is 1.89 bits per heavy atom. The molecule has 0 bridgehead atoms. The third kappa shape index (κ3) is 4.72. The van der Waals surface area contributed by atoms with E-state index in [9.17, 15) is 0 Å². The van der Waals surface area contributed by atoms with Crippen molar-refractivity contribution in [3.8, 4) is 0 Å². The molecule has 1 aromatic heterocycles. The standard InChI is InChI=1S/C14H25N3O/c1-11(2)18-10-9-17(4)14(12(3)15)13-5-7-16-8-6-13/h5-8,11-12,14H,9-10,15H2,1-4H3. The molecular weight excluding hydrogens is 226 g/mol. The van der Waals surface area contributed by atoms with Crippen molar-refractivity contribution in [1.29, 1.82) is 0 Å². The summed E-state index contributed by atoms with van der Waals surface area (Å²) in [6.45, 7) is 7.72. The monoisotopic (exact) mass is 251 g/mol. The minimum absolute atomic E-state index is 0.0662. The molecule has 2 unspecified atom stereocenters. The average molecular weight is 251 g/mol. The Bertz CT molecular complexity index is 327. The predicted octanol–water partition coefficient (Wildman–Crippen LogP) is 1.83. The first-order valence-electron chi connectivity index (χ1n) is 6.49. The second-order valence-electron chi connectivity index (χ2n) is 4.98. The van der Waals surface area contributed by atoms with Gasteiger partial charge in [0, 0.05) is 31.0 Å². The van der Waals surface area contributed by atoms with E-state index in [1.807, 2.05) is 45.3 Å². The fourth-order valence-electron chi connectivity index (χ4n) is 2.09. The van der Waals surface area contributed by atoms with Gasteiger partial charge in [0.15, 0.2) is 0 Å². The molecule has 2 N–H and O–H groups in total. The van der Waals surface area contributed by atoms with Crippen LogP contribution in [0.4, 0.5) is 0 Å². The van der Waals surface area contributed by atoms with Crippen molar-refractivity contribution in [2.45, 2.75) is 39.0 Å². The van der Waals surface area contributed by atoms with Gasteiger partial charge in [0.25, 0.3) is 0 Å². The molecule has 1 rings (SSSR count). The molecule has 0 saturated heterocycles. The molecule has 0 spiro atoms. The van der Waals surface area contributed by atoms with Crippen LogP contribution < -0.4 is 5.73 Å². The Balaban J connectivity index is 2.62. The second-order valence-corrected chi connectivity index (χ2v) is 4.98. The van der Waals surface area contributed by atoms with Gasteiger partial charge in [-0.05, 0) is 45.5 Å². The number of hydrogen-bond donors (Lipinski definition) is 1. The fraction of sp³-hybridized carbons (Fsp3) is 0.643. The molecule has 1 aromatic rings. The summed E-state index contributed by atoms with van der Waals surface area (Å²) in [4.78, 5) is 6.29. The van der Waals surface area contributed by atoms with Gasteiger partial charge in [0.2, 0.25) is 0 Å². The molecule has 0 aliphatic rings. The summed E-state index contributed by atoms with van der Waals surface area (Å²) in [6.07, 6.45) is 3.89. The number of rotatable bonds is 7. The SMILES string of the molecule is CC(C)OCCN(C)C(c1ccncc1)C(C)N. The number of hydrogen-bond acceptors (Lipinski definition) is 4. The van der Waals surface area contributed by atoms with E-state index in [2.05, 4.69) is 16.9 Å². The predicted molar refractivity (Wildman–Crippen MR) is 74.3 cm³/mol. The Morgan fingerprint density at radius 1 is 1.28 bits per heavy atom. The van der Waals surface area contributed by atoms with Crippen LogP contribution in [-0.4, -0.2) is 42.2 Å². The molecule has 4 heteroatoms. The smallest absolute Gasteiger partial charge is 0.0597 e. The van der Waals surface area contributed by atoms with Gasteiger partial charge in [-0.15, -0.1) is 0 Å². The van der Waals surface area contributed by atoms with Gasteiger partial charge in [0.05, 0.1) is 12.7 Å². The van der Waals surface area contributed by atoms with Crippen molar-refractivity contribution in [3.63, 3.8) is 0 Å². The molecule has 0 aliphatic carbocycles. The maximum absolute atomic E-state index is 6.10. The van der Waals surface area contributed by atoms with E-state index in [0.717, 1.165) is 13.2 Å². The summed E-state index contributed by atoms with van der Waals surface area (Å²) in [7, 11) is 2.08. The number of nitrogens with two attached hydrogens (primary N) is 1. The zero-order chi connectivity index (χ0) is 13.5. The molecule has 0 amide bonds. The van der Waals surface area contributed by atoms with Crippen molar-refractivity contribution in [3.05, 3.63) is 30.1 Å². The lowest BCUT2D eigenvalue weighted by molar-refractivity contribution is 0.0535. The van der Waals surface area contributed by atoms with Crippen LogP contribution in [0.15, 0.2) is 24.5 Å². The molecule has 1 heterocycles. The Kier molecular flexibility index (Phi) is 6.25. The molecule has 102 valence electrons. The maximum Gasteiger partial charge on any atom is 0.0597 e. The first-order chi connectivity index (χ1) is 8.52. The molecule has 0 aromatic carbocycles. The van der Waals surface area contributed by atoms with Crippen molar-refractivity contribution in [1.82, 2.24) is 9.88 Å². The number of likely N-dealkylation sites (N-methyl/N-ethyl adjacent to an activating group) is 1. The van der Waals surface area contributed by atoms with Gasteiger partial charge in [0.1, 0.15) is 0 Å². The molecule has 18 heavy (non-hydrogen) atoms. The molecule has 0 fully saturated rings. The Labute approximate surface area is 110 Å². The fourth-order valence-corrected chi connectivity index (χ4v) is 2.09. The molecular formula is C14H25N3O. The first-order valence-corrected chi connectivity index (χ1v) is 6.49. The number of pyridine rings is 1. The number of ether oxygens (including phenoxy) is 1. The van der Waals surface area contributed by atoms with Crippen molar-refractivity contribution >= 4 is 0 Å². The lowest BCUT2D eigenvalue weighted by atomic mass is 10.0. The zero-order valence-corrected chi connectivity index (χ0v) is 11.8. The lowest BCUT2D eigenvalue weighted by Gasteiger charge is -2.31. The van der Waals surface area contributed by atoms with Crippen LogP contribution in [0.3, 0.4) is 0 Å². The van der Waals surface area contributed by atoms with Crippen LogP contribution in [0.2, 0.25) is 0 Å². The highest BCUT2D eigenvalue weighted by Crippen LogP contribution is 2.21. The minimum Gasteiger partial charge on any atom is -0.377 e. The second kappa shape index (κ2) is 7.46. The Morgan fingerprint density at radius 3 is 2.39 bits per heavy atom. The maximum atomic E-state index is 6.10. The van der Waals surface area contributed by atoms with Gasteiger partial charge < -0.3 is 10.5 Å². The van der Waals surface area contributed by atoms with Gasteiger partial charge in [-0.2, -0.15) is 0 Å². The van der Waals surface area contributed by atoms with Crippen LogP contribution in [0.5, 0.6) is 0 Å². The highest BCUT2D eigenvalue weighted by Gasteiger charge is 2.20. The molecule has 0 saturated carbocycles. The molecule has 2 atom stereocenters. The van der Waals surface area contributed by atoms with Gasteiger partial charge >= 0.3 is 0 Å². The van der Waals surface area contributed by atoms with E-state index in [0.29, 0.717) is 0 Å². The third-order valence-electron chi connectivity index (χ3n) is 2.92. The number of nitrogens with zero attached hydrogens (tertiary/aromatic N) is 2. The Hall–Kier alpha value is -0.970. The topological polar surface area (TPSA) is 51.4 Å². The third-order valence-corrected chi connectivity index (χ3v) is 2.92. The summed E-state index contributed by atoms with van der Waals surface area (Å²) in [5.74, 6) is 0. The van der Waals surface area contributed by atoms with Crippen LogP contribution in [0, 0.1) is 0 Å². The van der Waals surface area contributed by atoms with E-state index in [4.69, 9.17) is 10.5 Å². The largest absolute Gasteiger partial charge is 0.377 e. The zero-order valence-electron chi connectivity index (χ0n) is 11.8. The summed E-state index contributed by atoms with van der Waals surface area (Å²) in [5, 5.41) is 0. The van der Waals surface area contributed by atoms with Crippen molar-refractivity contribution in [2.24, 2.45) is 5.73 Å². The normalized spacial score (nSPS) is 15.1. The summed E-state index contributed by atoms with van der Waals surface area (Å²) in [5.41, 5.74) is 7.30.